The minimum absolute atomic E-state index is 0.105. The Morgan fingerprint density at radius 1 is 1.23 bits per heavy atom. The molecule has 0 atom stereocenters. The van der Waals surface area contributed by atoms with Crippen LogP contribution in [0.1, 0.15) is 10.4 Å². The first-order chi connectivity index (χ1) is 12.6. The molecule has 134 valence electrons. The molecule has 0 bridgehead atoms. The third-order valence-corrected chi connectivity index (χ3v) is 4.31. The zero-order chi connectivity index (χ0) is 18.1. The highest BCUT2D eigenvalue weighted by molar-refractivity contribution is 6.08. The van der Waals surface area contributed by atoms with Crippen molar-refractivity contribution in [3.05, 3.63) is 53.9 Å². The molecule has 2 aromatic heterocycles. The van der Waals surface area contributed by atoms with Gasteiger partial charge in [0.1, 0.15) is 17.5 Å². The maximum absolute atomic E-state index is 13.9. The Hall–Kier alpha value is -3.00. The first kappa shape index (κ1) is 16.5. The number of nitrogens with zero attached hydrogens (tertiary/aromatic N) is 2. The van der Waals surface area contributed by atoms with Crippen LogP contribution in [0.25, 0.3) is 10.9 Å². The van der Waals surface area contributed by atoms with Crippen LogP contribution in [0.3, 0.4) is 0 Å². The molecule has 8 heteroatoms. The Morgan fingerprint density at radius 3 is 2.81 bits per heavy atom. The van der Waals surface area contributed by atoms with Gasteiger partial charge in [0.2, 0.25) is 0 Å². The van der Waals surface area contributed by atoms with Gasteiger partial charge < -0.3 is 19.9 Å². The third-order valence-electron chi connectivity index (χ3n) is 4.31. The lowest BCUT2D eigenvalue weighted by molar-refractivity contribution is 0.0304. The number of ether oxygens (including phenoxy) is 1. The van der Waals surface area contributed by atoms with E-state index in [0.717, 1.165) is 12.1 Å². The largest absolute Gasteiger partial charge is 0.378 e. The number of hydrogen-bond donors (Lipinski definition) is 2. The van der Waals surface area contributed by atoms with Crippen LogP contribution in [-0.4, -0.2) is 47.1 Å². The van der Waals surface area contributed by atoms with Crippen molar-refractivity contribution in [2.45, 2.75) is 0 Å². The van der Waals surface area contributed by atoms with Crippen LogP contribution in [0.5, 0.6) is 0 Å². The molecule has 1 aromatic carbocycles. The monoisotopic (exact) mass is 358 g/mol. The average Bonchev–Trinajstić information content (AvgIpc) is 3.14. The summed E-state index contributed by atoms with van der Waals surface area (Å²) in [5.74, 6) is -1.12. The van der Waals surface area contributed by atoms with E-state index in [0.29, 0.717) is 48.6 Å². The number of nitrogens with one attached hydrogen (secondary N) is 2. The van der Waals surface area contributed by atoms with E-state index in [9.17, 15) is 13.6 Å². The molecule has 1 saturated heterocycles. The molecular weight excluding hydrogens is 342 g/mol. The lowest BCUT2D eigenvalue weighted by atomic mass is 10.1. The molecule has 0 spiro atoms. The highest BCUT2D eigenvalue weighted by atomic mass is 19.1. The van der Waals surface area contributed by atoms with Gasteiger partial charge >= 0.3 is 0 Å². The summed E-state index contributed by atoms with van der Waals surface area (Å²) in [5, 5.41) is 3.50. The molecule has 1 aliphatic rings. The second-order valence-corrected chi connectivity index (χ2v) is 5.94. The third kappa shape index (κ3) is 2.99. The number of aromatic nitrogens is 2. The summed E-state index contributed by atoms with van der Waals surface area (Å²) >= 11 is 0. The molecular formula is C18H16F2N4O2. The zero-order valence-corrected chi connectivity index (χ0v) is 13.8. The molecule has 6 nitrogen and oxygen atoms in total. The molecule has 3 heterocycles. The summed E-state index contributed by atoms with van der Waals surface area (Å²) < 4.78 is 32.2. The summed E-state index contributed by atoms with van der Waals surface area (Å²) in [6, 6.07) is 5.02. The normalized spacial score (nSPS) is 14.6. The Bertz CT molecular complexity index is 967. The number of carbonyl (C=O) groups is 1. The van der Waals surface area contributed by atoms with Gasteiger partial charge in [-0.1, -0.05) is 0 Å². The molecule has 1 amide bonds. The molecule has 1 fully saturated rings. The number of H-pyrrole nitrogens is 1. The first-order valence-corrected chi connectivity index (χ1v) is 8.18. The van der Waals surface area contributed by atoms with Crippen LogP contribution in [0.15, 0.2) is 36.7 Å². The van der Waals surface area contributed by atoms with Gasteiger partial charge in [0, 0.05) is 36.9 Å². The highest BCUT2D eigenvalue weighted by Gasteiger charge is 2.22. The number of rotatable bonds is 3. The van der Waals surface area contributed by atoms with Gasteiger partial charge in [-0.25, -0.2) is 13.8 Å². The van der Waals surface area contributed by atoms with Crippen molar-refractivity contribution >= 4 is 28.3 Å². The summed E-state index contributed by atoms with van der Waals surface area (Å²) in [6.45, 7) is 2.08. The molecule has 1 aliphatic heterocycles. The van der Waals surface area contributed by atoms with Crippen molar-refractivity contribution in [1.29, 1.82) is 0 Å². The molecule has 0 aliphatic carbocycles. The summed E-state index contributed by atoms with van der Waals surface area (Å²) in [7, 11) is 0. The van der Waals surface area contributed by atoms with Crippen molar-refractivity contribution in [3.8, 4) is 0 Å². The van der Waals surface area contributed by atoms with Crippen LogP contribution in [-0.2, 0) is 4.74 Å². The van der Waals surface area contributed by atoms with Crippen LogP contribution in [0.4, 0.5) is 20.3 Å². The molecule has 0 radical (unpaired) electrons. The zero-order valence-electron chi connectivity index (χ0n) is 13.8. The van der Waals surface area contributed by atoms with Crippen molar-refractivity contribution in [2.75, 3.05) is 31.6 Å². The Morgan fingerprint density at radius 2 is 2.04 bits per heavy atom. The summed E-state index contributed by atoms with van der Waals surface area (Å²) in [4.78, 5) is 21.8. The standard InChI is InChI=1S/C18H16F2N4O2/c19-11-1-2-15(14(20)9-11)23-17-12-3-4-21-16(12)13(10-22-17)18(25)24-5-7-26-8-6-24/h1-4,9-10,21H,5-8H2,(H,22,23). The molecule has 26 heavy (non-hydrogen) atoms. The molecule has 0 saturated carbocycles. The average molecular weight is 358 g/mol. The van der Waals surface area contributed by atoms with Gasteiger partial charge in [0.15, 0.2) is 0 Å². The quantitative estimate of drug-likeness (QED) is 0.755. The lowest BCUT2D eigenvalue weighted by Gasteiger charge is -2.27. The second kappa shape index (κ2) is 6.72. The summed E-state index contributed by atoms with van der Waals surface area (Å²) in [5.41, 5.74) is 1.16. The smallest absolute Gasteiger partial charge is 0.257 e. The molecule has 4 rings (SSSR count). The van der Waals surface area contributed by atoms with Gasteiger partial charge in [0.05, 0.1) is 30.0 Å². The van der Waals surface area contributed by atoms with Crippen LogP contribution < -0.4 is 5.32 Å². The topological polar surface area (TPSA) is 70.2 Å². The first-order valence-electron chi connectivity index (χ1n) is 8.18. The van der Waals surface area contributed by atoms with Crippen molar-refractivity contribution in [1.82, 2.24) is 14.9 Å². The van der Waals surface area contributed by atoms with E-state index in [1.807, 2.05) is 0 Å². The van der Waals surface area contributed by atoms with E-state index in [4.69, 9.17) is 4.74 Å². The Kier molecular flexibility index (Phi) is 4.26. The Balaban J connectivity index is 1.68. The van der Waals surface area contributed by atoms with Gasteiger partial charge in [0.25, 0.3) is 5.91 Å². The van der Waals surface area contributed by atoms with Crippen molar-refractivity contribution in [3.63, 3.8) is 0 Å². The number of pyridine rings is 1. The predicted molar refractivity (Wildman–Crippen MR) is 92.5 cm³/mol. The SMILES string of the molecule is O=C(c1cnc(Nc2ccc(F)cc2F)c2cc[nH]c12)N1CCOCC1. The van der Waals surface area contributed by atoms with E-state index in [1.54, 1.807) is 17.2 Å². The van der Waals surface area contributed by atoms with Crippen LogP contribution in [0.2, 0.25) is 0 Å². The summed E-state index contributed by atoms with van der Waals surface area (Å²) in [6.07, 6.45) is 3.15. The number of morpholine rings is 1. The number of halogens is 2. The highest BCUT2D eigenvalue weighted by Crippen LogP contribution is 2.28. The lowest BCUT2D eigenvalue weighted by Crippen LogP contribution is -2.40. The molecule has 0 unspecified atom stereocenters. The maximum Gasteiger partial charge on any atom is 0.257 e. The number of carbonyl (C=O) groups excluding carboxylic acids is 1. The van der Waals surface area contributed by atoms with Crippen molar-refractivity contribution in [2.24, 2.45) is 0 Å². The maximum atomic E-state index is 13.9. The minimum atomic E-state index is -0.719. The van der Waals surface area contributed by atoms with Crippen molar-refractivity contribution < 1.29 is 18.3 Å². The number of aromatic amines is 1. The molecule has 2 N–H and O–H groups in total. The fourth-order valence-corrected chi connectivity index (χ4v) is 2.97. The number of anilines is 2. The Labute approximate surface area is 147 Å². The second-order valence-electron chi connectivity index (χ2n) is 5.94. The fourth-order valence-electron chi connectivity index (χ4n) is 2.97. The van der Waals surface area contributed by atoms with Gasteiger partial charge in [-0.05, 0) is 18.2 Å². The van der Waals surface area contributed by atoms with E-state index in [1.165, 1.54) is 12.3 Å². The molecule has 3 aromatic rings. The van der Waals surface area contributed by atoms with E-state index >= 15 is 0 Å². The van der Waals surface area contributed by atoms with Gasteiger partial charge in [-0.3, -0.25) is 4.79 Å². The number of hydrogen-bond acceptors (Lipinski definition) is 4. The van der Waals surface area contributed by atoms with Crippen LogP contribution >= 0.6 is 0 Å². The van der Waals surface area contributed by atoms with Gasteiger partial charge in [-0.15, -0.1) is 0 Å². The van der Waals surface area contributed by atoms with E-state index in [-0.39, 0.29) is 11.6 Å². The fraction of sp³-hybridized carbons (Fsp3) is 0.222. The predicted octanol–water partition coefficient (Wildman–Crippen LogP) is 3.06. The number of amides is 1. The van der Waals surface area contributed by atoms with E-state index < -0.39 is 11.6 Å². The minimum Gasteiger partial charge on any atom is -0.378 e. The van der Waals surface area contributed by atoms with Gasteiger partial charge in [-0.2, -0.15) is 0 Å². The number of fused-ring (bicyclic) bond motifs is 1. The van der Waals surface area contributed by atoms with Crippen LogP contribution in [0, 0.1) is 11.6 Å². The van der Waals surface area contributed by atoms with E-state index in [2.05, 4.69) is 15.3 Å². The number of benzene rings is 1.